The minimum atomic E-state index is -1.20. The molecule has 3 fully saturated rings. The number of likely N-dealkylation sites (tertiary alicyclic amines) is 1. The maximum absolute atomic E-state index is 14.4. The number of fused-ring (bicyclic) bond motifs is 1. The predicted molar refractivity (Wildman–Crippen MR) is 138 cm³/mol. The van der Waals surface area contributed by atoms with Gasteiger partial charge in [0.2, 0.25) is 11.8 Å². The second kappa shape index (κ2) is 10.4. The number of carbonyl (C=O) groups excluding carboxylic acids is 3. The Bertz CT molecular complexity index is 1060. The molecule has 1 spiro atoms. The number of rotatable bonds is 11. The summed E-state index contributed by atoms with van der Waals surface area (Å²) in [6.07, 6.45) is 4.66. The summed E-state index contributed by atoms with van der Waals surface area (Å²) in [5.41, 5.74) is -1.37. The number of aliphatic hydroxyl groups is 1. The second-order valence-corrected chi connectivity index (χ2v) is 10.5. The van der Waals surface area contributed by atoms with Gasteiger partial charge < -0.3 is 24.4 Å². The van der Waals surface area contributed by atoms with Crippen LogP contribution in [0.5, 0.6) is 0 Å². The molecule has 3 aliphatic heterocycles. The first-order valence-corrected chi connectivity index (χ1v) is 13.1. The third kappa shape index (κ3) is 4.10. The molecule has 0 aliphatic carbocycles. The standard InChI is InChI=1S/C29H38N2O6/c1-6-16-30(19(4)5)26(34)24-29-15-14-28(8-3,37-29)23(27(35)36-17-7-2)22(29)25(33)31(24)21(18-32)20-12-10-9-11-13-20/h6-7,9-13,19,21-24,32H,1-2,8,14-18H2,3-5H3/t21-,22+,23+,24?,28-,29?/m1/s1. The normalized spacial score (nSPS) is 30.8. The van der Waals surface area contributed by atoms with Crippen molar-refractivity contribution in [2.75, 3.05) is 19.8 Å². The molecule has 3 heterocycles. The summed E-state index contributed by atoms with van der Waals surface area (Å²) in [5.74, 6) is -2.88. The van der Waals surface area contributed by atoms with Crippen molar-refractivity contribution in [3.05, 3.63) is 61.2 Å². The summed E-state index contributed by atoms with van der Waals surface area (Å²) in [6, 6.07) is 7.23. The van der Waals surface area contributed by atoms with Gasteiger partial charge in [0.25, 0.3) is 0 Å². The van der Waals surface area contributed by atoms with Gasteiger partial charge in [0.05, 0.1) is 24.2 Å². The molecular formula is C29H38N2O6. The van der Waals surface area contributed by atoms with E-state index in [1.165, 1.54) is 11.0 Å². The molecule has 1 aromatic rings. The van der Waals surface area contributed by atoms with E-state index in [4.69, 9.17) is 9.47 Å². The molecule has 0 aromatic heterocycles. The number of nitrogens with zero attached hydrogens (tertiary/aromatic N) is 2. The van der Waals surface area contributed by atoms with Crippen LogP contribution in [0.25, 0.3) is 0 Å². The smallest absolute Gasteiger partial charge is 0.313 e. The molecule has 3 saturated heterocycles. The van der Waals surface area contributed by atoms with Crippen LogP contribution in [0.1, 0.15) is 51.6 Å². The summed E-state index contributed by atoms with van der Waals surface area (Å²) in [5, 5.41) is 10.5. The van der Waals surface area contributed by atoms with E-state index >= 15 is 0 Å². The minimum Gasteiger partial charge on any atom is -0.461 e. The van der Waals surface area contributed by atoms with Crippen molar-refractivity contribution in [1.29, 1.82) is 0 Å². The number of esters is 1. The molecule has 200 valence electrons. The lowest BCUT2D eigenvalue weighted by atomic mass is 9.65. The van der Waals surface area contributed by atoms with Crippen LogP contribution < -0.4 is 0 Å². The van der Waals surface area contributed by atoms with Gasteiger partial charge in [-0.15, -0.1) is 6.58 Å². The van der Waals surface area contributed by atoms with Gasteiger partial charge in [-0.25, -0.2) is 0 Å². The highest BCUT2D eigenvalue weighted by atomic mass is 16.6. The topological polar surface area (TPSA) is 96.4 Å². The molecule has 6 atom stereocenters. The molecule has 3 aliphatic rings. The third-order valence-corrected chi connectivity index (χ3v) is 8.38. The lowest BCUT2D eigenvalue weighted by Gasteiger charge is -2.40. The number of amides is 2. The number of ether oxygens (including phenoxy) is 2. The van der Waals surface area contributed by atoms with Crippen LogP contribution in [0.3, 0.4) is 0 Å². The zero-order chi connectivity index (χ0) is 27.0. The Balaban J connectivity index is 1.88. The highest BCUT2D eigenvalue weighted by molar-refractivity contribution is 5.99. The van der Waals surface area contributed by atoms with E-state index in [-0.39, 0.29) is 31.1 Å². The third-order valence-electron chi connectivity index (χ3n) is 8.38. The van der Waals surface area contributed by atoms with E-state index in [0.717, 1.165) is 0 Å². The highest BCUT2D eigenvalue weighted by Gasteiger charge is 2.79. The van der Waals surface area contributed by atoms with E-state index < -0.39 is 41.1 Å². The van der Waals surface area contributed by atoms with Gasteiger partial charge >= 0.3 is 5.97 Å². The minimum absolute atomic E-state index is 0.0266. The van der Waals surface area contributed by atoms with Gasteiger partial charge in [-0.2, -0.15) is 0 Å². The fourth-order valence-corrected chi connectivity index (χ4v) is 6.74. The van der Waals surface area contributed by atoms with Gasteiger partial charge in [0.1, 0.15) is 24.2 Å². The van der Waals surface area contributed by atoms with Crippen LogP contribution in [-0.4, -0.2) is 75.7 Å². The molecule has 2 unspecified atom stereocenters. The molecule has 0 radical (unpaired) electrons. The maximum atomic E-state index is 14.4. The van der Waals surface area contributed by atoms with Crippen LogP contribution in [0.4, 0.5) is 0 Å². The van der Waals surface area contributed by atoms with E-state index in [1.54, 1.807) is 11.0 Å². The van der Waals surface area contributed by atoms with Crippen LogP contribution in [-0.2, 0) is 23.9 Å². The highest BCUT2D eigenvalue weighted by Crippen LogP contribution is 2.65. The molecule has 4 rings (SSSR count). The van der Waals surface area contributed by atoms with Gasteiger partial charge in [-0.3, -0.25) is 14.4 Å². The Morgan fingerprint density at radius 2 is 1.95 bits per heavy atom. The fourth-order valence-electron chi connectivity index (χ4n) is 6.74. The summed E-state index contributed by atoms with van der Waals surface area (Å²) in [7, 11) is 0. The molecule has 1 N–H and O–H groups in total. The molecule has 37 heavy (non-hydrogen) atoms. The van der Waals surface area contributed by atoms with Crippen LogP contribution in [0, 0.1) is 11.8 Å². The SMILES string of the molecule is C=CCOC(=O)[C@@H]1[C@H]2C(=O)N([C@H](CO)c3ccccc3)C(C(=O)N(CC=C)C(C)C)C23CC[C@@]1(CC)O3. The lowest BCUT2D eigenvalue weighted by molar-refractivity contribution is -0.163. The first-order valence-electron chi connectivity index (χ1n) is 13.1. The Hall–Kier alpha value is -2.97. The summed E-state index contributed by atoms with van der Waals surface area (Å²) >= 11 is 0. The van der Waals surface area contributed by atoms with Crippen LogP contribution >= 0.6 is 0 Å². The van der Waals surface area contributed by atoms with Crippen molar-refractivity contribution in [2.24, 2.45) is 11.8 Å². The number of hydrogen-bond donors (Lipinski definition) is 1. The molecule has 2 amide bonds. The van der Waals surface area contributed by atoms with Crippen LogP contribution in [0.2, 0.25) is 0 Å². The van der Waals surface area contributed by atoms with E-state index in [9.17, 15) is 19.5 Å². The largest absolute Gasteiger partial charge is 0.461 e. The summed E-state index contributed by atoms with van der Waals surface area (Å²) in [6.45, 7) is 13.1. The summed E-state index contributed by atoms with van der Waals surface area (Å²) < 4.78 is 12.2. The van der Waals surface area contributed by atoms with Crippen molar-refractivity contribution in [3.63, 3.8) is 0 Å². The van der Waals surface area contributed by atoms with E-state index in [1.807, 2.05) is 51.1 Å². The number of hydrogen-bond acceptors (Lipinski definition) is 6. The Morgan fingerprint density at radius 1 is 1.24 bits per heavy atom. The van der Waals surface area contributed by atoms with Crippen molar-refractivity contribution in [2.45, 2.75) is 69.4 Å². The van der Waals surface area contributed by atoms with Crippen molar-refractivity contribution >= 4 is 17.8 Å². The molecule has 8 heteroatoms. The van der Waals surface area contributed by atoms with E-state index in [0.29, 0.717) is 31.4 Å². The monoisotopic (exact) mass is 510 g/mol. The molecule has 0 saturated carbocycles. The second-order valence-electron chi connectivity index (χ2n) is 10.5. The fraction of sp³-hybridized carbons (Fsp3) is 0.552. The average Bonchev–Trinajstić information content (AvgIpc) is 3.50. The molecule has 8 nitrogen and oxygen atoms in total. The number of aliphatic hydroxyl groups excluding tert-OH is 1. The Labute approximate surface area is 218 Å². The van der Waals surface area contributed by atoms with Gasteiger partial charge in [-0.1, -0.05) is 56.0 Å². The predicted octanol–water partition coefficient (Wildman–Crippen LogP) is 3.03. The molecule has 2 bridgehead atoms. The number of carbonyl (C=O) groups is 3. The molecule has 1 aromatic carbocycles. The van der Waals surface area contributed by atoms with E-state index in [2.05, 4.69) is 13.2 Å². The zero-order valence-electron chi connectivity index (χ0n) is 22.0. The first-order chi connectivity index (χ1) is 17.7. The quantitative estimate of drug-likeness (QED) is 0.363. The lowest BCUT2D eigenvalue weighted by Crippen LogP contribution is -2.58. The molecular weight excluding hydrogens is 472 g/mol. The van der Waals surface area contributed by atoms with Crippen LogP contribution in [0.15, 0.2) is 55.6 Å². The Kier molecular flexibility index (Phi) is 7.62. The van der Waals surface area contributed by atoms with Crippen molar-refractivity contribution in [1.82, 2.24) is 9.80 Å². The zero-order valence-corrected chi connectivity index (χ0v) is 22.0. The Morgan fingerprint density at radius 3 is 2.51 bits per heavy atom. The van der Waals surface area contributed by atoms with Crippen molar-refractivity contribution in [3.8, 4) is 0 Å². The van der Waals surface area contributed by atoms with Gasteiger partial charge in [-0.05, 0) is 38.7 Å². The summed E-state index contributed by atoms with van der Waals surface area (Å²) in [4.78, 5) is 45.3. The average molecular weight is 511 g/mol. The number of benzene rings is 1. The van der Waals surface area contributed by atoms with Crippen molar-refractivity contribution < 1.29 is 29.0 Å². The first kappa shape index (κ1) is 27.1. The van der Waals surface area contributed by atoms with Gasteiger partial charge in [0.15, 0.2) is 0 Å². The maximum Gasteiger partial charge on any atom is 0.313 e. The van der Waals surface area contributed by atoms with Gasteiger partial charge in [0, 0.05) is 12.6 Å².